The molecule has 1 aromatic heterocycles. The van der Waals surface area contributed by atoms with E-state index in [1.165, 1.54) is 18.4 Å². The lowest BCUT2D eigenvalue weighted by Crippen LogP contribution is -2.47. The third-order valence-electron chi connectivity index (χ3n) is 5.49. The molecule has 2 saturated heterocycles. The van der Waals surface area contributed by atoms with Gasteiger partial charge in [0.2, 0.25) is 5.95 Å². The van der Waals surface area contributed by atoms with Gasteiger partial charge >= 0.3 is 0 Å². The first kappa shape index (κ1) is 16.3. The minimum atomic E-state index is 0.459. The largest absolute Gasteiger partial charge is 0.356 e. The van der Waals surface area contributed by atoms with E-state index in [4.69, 9.17) is 4.98 Å². The SMILES string of the molecule is CC(c1ccccc1)N1CCN(c2nccc(N3CCCC3)n2)CC1. The van der Waals surface area contributed by atoms with Crippen LogP contribution in [-0.2, 0) is 0 Å². The van der Waals surface area contributed by atoms with Gasteiger partial charge in [-0.15, -0.1) is 0 Å². The molecule has 4 rings (SSSR count). The number of benzene rings is 1. The molecule has 132 valence electrons. The van der Waals surface area contributed by atoms with Crippen LogP contribution in [0.25, 0.3) is 0 Å². The lowest BCUT2D eigenvalue weighted by molar-refractivity contribution is 0.198. The van der Waals surface area contributed by atoms with Crippen molar-refractivity contribution in [1.82, 2.24) is 14.9 Å². The lowest BCUT2D eigenvalue weighted by atomic mass is 10.1. The van der Waals surface area contributed by atoms with E-state index in [1.54, 1.807) is 0 Å². The number of aromatic nitrogens is 2. The smallest absolute Gasteiger partial charge is 0.227 e. The monoisotopic (exact) mass is 337 g/mol. The first-order valence-electron chi connectivity index (χ1n) is 9.43. The summed E-state index contributed by atoms with van der Waals surface area (Å²) in [4.78, 5) is 16.6. The van der Waals surface area contributed by atoms with Crippen molar-refractivity contribution in [3.05, 3.63) is 48.2 Å². The molecule has 5 heteroatoms. The number of hydrogen-bond donors (Lipinski definition) is 0. The zero-order chi connectivity index (χ0) is 17.1. The van der Waals surface area contributed by atoms with E-state index in [1.807, 2.05) is 12.3 Å². The second kappa shape index (κ2) is 7.40. The topological polar surface area (TPSA) is 35.5 Å². The Hall–Kier alpha value is -2.14. The second-order valence-corrected chi connectivity index (χ2v) is 7.02. The van der Waals surface area contributed by atoms with Crippen LogP contribution < -0.4 is 9.80 Å². The average Bonchev–Trinajstić information content (AvgIpc) is 3.23. The maximum absolute atomic E-state index is 4.83. The highest BCUT2D eigenvalue weighted by molar-refractivity contribution is 5.44. The molecule has 1 aromatic carbocycles. The van der Waals surface area contributed by atoms with E-state index in [0.717, 1.165) is 51.0 Å². The van der Waals surface area contributed by atoms with E-state index >= 15 is 0 Å². The zero-order valence-electron chi connectivity index (χ0n) is 15.0. The Morgan fingerprint density at radius 3 is 2.28 bits per heavy atom. The third-order valence-corrected chi connectivity index (χ3v) is 5.49. The quantitative estimate of drug-likeness (QED) is 0.857. The van der Waals surface area contributed by atoms with Crippen molar-refractivity contribution < 1.29 is 0 Å². The predicted molar refractivity (Wildman–Crippen MR) is 102 cm³/mol. The van der Waals surface area contributed by atoms with Crippen LogP contribution in [0.15, 0.2) is 42.6 Å². The highest BCUT2D eigenvalue weighted by atomic mass is 15.3. The summed E-state index contributed by atoms with van der Waals surface area (Å²) in [6, 6.07) is 13.3. The maximum atomic E-state index is 4.83. The number of hydrogen-bond acceptors (Lipinski definition) is 5. The molecule has 1 unspecified atom stereocenters. The molecular formula is C20H27N5. The van der Waals surface area contributed by atoms with Crippen LogP contribution in [0, 0.1) is 0 Å². The molecule has 3 heterocycles. The Morgan fingerprint density at radius 2 is 1.56 bits per heavy atom. The van der Waals surface area contributed by atoms with Gasteiger partial charge in [0.25, 0.3) is 0 Å². The fourth-order valence-electron chi connectivity index (χ4n) is 3.87. The number of nitrogens with zero attached hydrogens (tertiary/aromatic N) is 5. The standard InChI is InChI=1S/C20H27N5/c1-17(18-7-3-2-4-8-18)23-13-15-25(16-14-23)20-21-10-9-19(22-20)24-11-5-6-12-24/h2-4,7-10,17H,5-6,11-16H2,1H3. The molecule has 0 spiro atoms. The van der Waals surface area contributed by atoms with Gasteiger partial charge in [-0.3, -0.25) is 4.90 Å². The molecule has 1 atom stereocenters. The molecule has 2 fully saturated rings. The van der Waals surface area contributed by atoms with E-state index in [2.05, 4.69) is 56.9 Å². The molecule has 5 nitrogen and oxygen atoms in total. The lowest BCUT2D eigenvalue weighted by Gasteiger charge is -2.38. The fourth-order valence-corrected chi connectivity index (χ4v) is 3.87. The molecule has 0 amide bonds. The molecule has 0 saturated carbocycles. The van der Waals surface area contributed by atoms with Crippen LogP contribution >= 0.6 is 0 Å². The van der Waals surface area contributed by atoms with Crippen molar-refractivity contribution >= 4 is 11.8 Å². The van der Waals surface area contributed by atoms with Crippen molar-refractivity contribution in [2.24, 2.45) is 0 Å². The predicted octanol–water partition coefficient (Wildman–Crippen LogP) is 2.96. The number of piperazine rings is 1. The Labute approximate surface area is 150 Å². The van der Waals surface area contributed by atoms with Gasteiger partial charge in [0.05, 0.1) is 0 Å². The minimum Gasteiger partial charge on any atom is -0.356 e. The van der Waals surface area contributed by atoms with Crippen molar-refractivity contribution in [3.63, 3.8) is 0 Å². The number of rotatable bonds is 4. The van der Waals surface area contributed by atoms with Crippen LogP contribution in [0.2, 0.25) is 0 Å². The Bertz CT molecular complexity index is 675. The van der Waals surface area contributed by atoms with E-state index in [0.29, 0.717) is 6.04 Å². The van der Waals surface area contributed by atoms with Gasteiger partial charge in [0, 0.05) is 51.5 Å². The number of anilines is 2. The van der Waals surface area contributed by atoms with Crippen LogP contribution in [0.4, 0.5) is 11.8 Å². The molecule has 0 bridgehead atoms. The summed E-state index contributed by atoms with van der Waals surface area (Å²) in [6.07, 6.45) is 4.46. The highest BCUT2D eigenvalue weighted by Gasteiger charge is 2.24. The Morgan fingerprint density at radius 1 is 0.840 bits per heavy atom. The summed E-state index contributed by atoms with van der Waals surface area (Å²) in [7, 11) is 0. The average molecular weight is 337 g/mol. The summed E-state index contributed by atoms with van der Waals surface area (Å²) in [6.45, 7) is 8.62. The van der Waals surface area contributed by atoms with Crippen molar-refractivity contribution in [3.8, 4) is 0 Å². The van der Waals surface area contributed by atoms with Gasteiger partial charge in [-0.05, 0) is 31.4 Å². The summed E-state index contributed by atoms with van der Waals surface area (Å²) < 4.78 is 0. The van der Waals surface area contributed by atoms with Gasteiger partial charge in [-0.2, -0.15) is 4.98 Å². The van der Waals surface area contributed by atoms with E-state index in [-0.39, 0.29) is 0 Å². The van der Waals surface area contributed by atoms with Crippen molar-refractivity contribution in [2.75, 3.05) is 49.1 Å². The normalized spacial score (nSPS) is 20.0. The summed E-state index contributed by atoms with van der Waals surface area (Å²) >= 11 is 0. The van der Waals surface area contributed by atoms with Crippen molar-refractivity contribution in [2.45, 2.75) is 25.8 Å². The molecule has 0 aliphatic carbocycles. The summed E-state index contributed by atoms with van der Waals surface area (Å²) in [5.74, 6) is 1.97. The Kier molecular flexibility index (Phi) is 4.83. The molecule has 0 radical (unpaired) electrons. The summed E-state index contributed by atoms with van der Waals surface area (Å²) in [5.41, 5.74) is 1.39. The second-order valence-electron chi connectivity index (χ2n) is 7.02. The van der Waals surface area contributed by atoms with E-state index < -0.39 is 0 Å². The third kappa shape index (κ3) is 3.61. The first-order valence-corrected chi connectivity index (χ1v) is 9.43. The molecule has 0 N–H and O–H groups in total. The fraction of sp³-hybridized carbons (Fsp3) is 0.500. The summed E-state index contributed by atoms with van der Waals surface area (Å²) in [5, 5.41) is 0. The van der Waals surface area contributed by atoms with Crippen LogP contribution in [-0.4, -0.2) is 54.1 Å². The van der Waals surface area contributed by atoms with Gasteiger partial charge in [-0.1, -0.05) is 30.3 Å². The van der Waals surface area contributed by atoms with Crippen LogP contribution in [0.3, 0.4) is 0 Å². The van der Waals surface area contributed by atoms with Gasteiger partial charge in [-0.25, -0.2) is 4.98 Å². The first-order chi connectivity index (χ1) is 12.3. The molecule has 2 aliphatic rings. The van der Waals surface area contributed by atoms with Crippen LogP contribution in [0.1, 0.15) is 31.4 Å². The molecule has 25 heavy (non-hydrogen) atoms. The Balaban J connectivity index is 1.39. The molecule has 2 aromatic rings. The minimum absolute atomic E-state index is 0.459. The van der Waals surface area contributed by atoms with E-state index in [9.17, 15) is 0 Å². The zero-order valence-corrected chi connectivity index (χ0v) is 15.0. The van der Waals surface area contributed by atoms with Gasteiger partial charge in [0.15, 0.2) is 0 Å². The highest BCUT2D eigenvalue weighted by Crippen LogP contribution is 2.24. The van der Waals surface area contributed by atoms with Gasteiger partial charge in [0.1, 0.15) is 5.82 Å². The van der Waals surface area contributed by atoms with Gasteiger partial charge < -0.3 is 9.80 Å². The van der Waals surface area contributed by atoms with Crippen LogP contribution in [0.5, 0.6) is 0 Å². The maximum Gasteiger partial charge on any atom is 0.227 e. The van der Waals surface area contributed by atoms with Crippen molar-refractivity contribution in [1.29, 1.82) is 0 Å². The molecule has 2 aliphatic heterocycles. The molecular weight excluding hydrogens is 310 g/mol.